The van der Waals surface area contributed by atoms with E-state index in [-0.39, 0.29) is 6.42 Å². The van der Waals surface area contributed by atoms with Crippen LogP contribution in [0.15, 0.2) is 36.8 Å². The van der Waals surface area contributed by atoms with Crippen molar-refractivity contribution in [2.75, 3.05) is 0 Å². The first-order valence-electron chi connectivity index (χ1n) is 4.93. The first kappa shape index (κ1) is 10.7. The number of aromatic nitrogens is 3. The van der Waals surface area contributed by atoms with Gasteiger partial charge in [-0.2, -0.15) is 5.10 Å². The Morgan fingerprint density at radius 3 is 2.62 bits per heavy atom. The minimum absolute atomic E-state index is 0.288. The quantitative estimate of drug-likeness (QED) is 0.795. The zero-order valence-electron chi connectivity index (χ0n) is 8.55. The van der Waals surface area contributed by atoms with Crippen molar-refractivity contribution in [2.24, 2.45) is 0 Å². The Kier molecular flexibility index (Phi) is 3.24. The Hall–Kier alpha value is -1.78. The van der Waals surface area contributed by atoms with Gasteiger partial charge in [0.15, 0.2) is 0 Å². The van der Waals surface area contributed by atoms with Crippen molar-refractivity contribution in [3.63, 3.8) is 0 Å². The van der Waals surface area contributed by atoms with Crippen molar-refractivity contribution < 1.29 is 8.78 Å². The number of rotatable bonds is 4. The molecule has 2 rings (SSSR count). The first-order valence-corrected chi connectivity index (χ1v) is 4.93. The summed E-state index contributed by atoms with van der Waals surface area (Å²) >= 11 is 0. The van der Waals surface area contributed by atoms with Crippen LogP contribution in [0.1, 0.15) is 11.3 Å². The molecule has 0 N–H and O–H groups in total. The topological polar surface area (TPSA) is 30.7 Å². The minimum Gasteiger partial charge on any atom is -0.268 e. The molecule has 0 aromatic carbocycles. The average molecular weight is 223 g/mol. The van der Waals surface area contributed by atoms with E-state index in [0.717, 1.165) is 5.56 Å². The van der Waals surface area contributed by atoms with Gasteiger partial charge in [-0.05, 0) is 23.8 Å². The van der Waals surface area contributed by atoms with Gasteiger partial charge < -0.3 is 0 Å². The van der Waals surface area contributed by atoms with Crippen LogP contribution in [0, 0.1) is 0 Å². The smallest absolute Gasteiger partial charge is 0.244 e. The summed E-state index contributed by atoms with van der Waals surface area (Å²) in [5.74, 6) is 0. The van der Waals surface area contributed by atoms with Gasteiger partial charge in [0.25, 0.3) is 0 Å². The summed E-state index contributed by atoms with van der Waals surface area (Å²) in [6.45, 7) is 0.575. The molecular weight excluding hydrogens is 212 g/mol. The van der Waals surface area contributed by atoms with Crippen LogP contribution in [0.25, 0.3) is 0 Å². The van der Waals surface area contributed by atoms with Crippen LogP contribution in [0.3, 0.4) is 0 Å². The van der Waals surface area contributed by atoms with Gasteiger partial charge in [0.2, 0.25) is 6.43 Å². The number of pyridine rings is 1. The van der Waals surface area contributed by atoms with Crippen molar-refractivity contribution in [3.05, 3.63) is 48.0 Å². The fourth-order valence-corrected chi connectivity index (χ4v) is 1.43. The Bertz CT molecular complexity index is 440. The molecule has 0 radical (unpaired) electrons. The molecule has 3 nitrogen and oxygen atoms in total. The lowest BCUT2D eigenvalue weighted by molar-refractivity contribution is 0.147. The predicted octanol–water partition coefficient (Wildman–Crippen LogP) is 2.13. The van der Waals surface area contributed by atoms with Gasteiger partial charge in [-0.15, -0.1) is 0 Å². The Morgan fingerprint density at radius 1 is 1.19 bits per heavy atom. The molecule has 0 unspecified atom stereocenters. The lowest BCUT2D eigenvalue weighted by atomic mass is 10.3. The summed E-state index contributed by atoms with van der Waals surface area (Å²) in [5, 5.41) is 4.06. The molecule has 0 aliphatic carbocycles. The molecule has 2 heterocycles. The summed E-state index contributed by atoms with van der Waals surface area (Å²) in [5.41, 5.74) is 1.46. The van der Waals surface area contributed by atoms with Crippen molar-refractivity contribution in [3.8, 4) is 0 Å². The number of halogens is 2. The summed E-state index contributed by atoms with van der Waals surface area (Å²) in [4.78, 5) is 3.90. The SMILES string of the molecule is FC(F)Cc1ccn(Cc2ccncc2)n1. The highest BCUT2D eigenvalue weighted by Gasteiger charge is 2.07. The first-order chi connectivity index (χ1) is 7.74. The molecule has 0 atom stereocenters. The molecule has 0 saturated carbocycles. The van der Waals surface area contributed by atoms with Gasteiger partial charge in [0.1, 0.15) is 0 Å². The summed E-state index contributed by atoms with van der Waals surface area (Å²) < 4.78 is 25.8. The second-order valence-electron chi connectivity index (χ2n) is 3.46. The number of alkyl halides is 2. The molecule has 0 aliphatic rings. The largest absolute Gasteiger partial charge is 0.268 e. The predicted molar refractivity (Wildman–Crippen MR) is 55.3 cm³/mol. The Balaban J connectivity index is 2.03. The second kappa shape index (κ2) is 4.83. The van der Waals surface area contributed by atoms with E-state index in [1.165, 1.54) is 0 Å². The molecule has 84 valence electrons. The molecule has 2 aromatic heterocycles. The van der Waals surface area contributed by atoms with Crippen LogP contribution in [0.2, 0.25) is 0 Å². The lowest BCUT2D eigenvalue weighted by Crippen LogP contribution is -2.03. The van der Waals surface area contributed by atoms with Gasteiger partial charge in [-0.3, -0.25) is 9.67 Å². The Morgan fingerprint density at radius 2 is 1.94 bits per heavy atom. The molecule has 2 aromatic rings. The van der Waals surface area contributed by atoms with Crippen molar-refractivity contribution in [2.45, 2.75) is 19.4 Å². The third-order valence-electron chi connectivity index (χ3n) is 2.15. The van der Waals surface area contributed by atoms with E-state index in [4.69, 9.17) is 0 Å². The van der Waals surface area contributed by atoms with Crippen LogP contribution in [0.5, 0.6) is 0 Å². The maximum atomic E-state index is 12.1. The van der Waals surface area contributed by atoms with Gasteiger partial charge in [-0.1, -0.05) is 0 Å². The van der Waals surface area contributed by atoms with Gasteiger partial charge >= 0.3 is 0 Å². The zero-order chi connectivity index (χ0) is 11.4. The highest BCUT2D eigenvalue weighted by molar-refractivity contribution is 5.10. The molecule has 0 aliphatic heterocycles. The van der Waals surface area contributed by atoms with E-state index in [1.54, 1.807) is 29.3 Å². The van der Waals surface area contributed by atoms with E-state index >= 15 is 0 Å². The summed E-state index contributed by atoms with van der Waals surface area (Å²) in [6.07, 6.45) is 2.46. The van der Waals surface area contributed by atoms with Crippen LogP contribution in [-0.2, 0) is 13.0 Å². The van der Waals surface area contributed by atoms with E-state index < -0.39 is 6.43 Å². The monoisotopic (exact) mass is 223 g/mol. The molecule has 16 heavy (non-hydrogen) atoms. The van der Waals surface area contributed by atoms with E-state index in [0.29, 0.717) is 12.2 Å². The zero-order valence-corrected chi connectivity index (χ0v) is 8.55. The molecule has 0 amide bonds. The third-order valence-corrected chi connectivity index (χ3v) is 2.15. The van der Waals surface area contributed by atoms with E-state index in [9.17, 15) is 8.78 Å². The van der Waals surface area contributed by atoms with Gasteiger partial charge in [0, 0.05) is 18.6 Å². The highest BCUT2D eigenvalue weighted by Crippen LogP contribution is 2.06. The van der Waals surface area contributed by atoms with Crippen LogP contribution >= 0.6 is 0 Å². The van der Waals surface area contributed by atoms with E-state index in [1.807, 2.05) is 12.1 Å². The standard InChI is InChI=1S/C11H11F2N3/c12-11(13)7-10-3-6-16(15-10)8-9-1-4-14-5-2-9/h1-6,11H,7-8H2. The number of nitrogens with zero attached hydrogens (tertiary/aromatic N) is 3. The second-order valence-corrected chi connectivity index (χ2v) is 3.46. The normalized spacial score (nSPS) is 10.9. The number of hydrogen-bond donors (Lipinski definition) is 0. The van der Waals surface area contributed by atoms with Gasteiger partial charge in [0.05, 0.1) is 18.7 Å². The maximum Gasteiger partial charge on any atom is 0.244 e. The molecule has 0 saturated heterocycles. The fraction of sp³-hybridized carbons (Fsp3) is 0.273. The minimum atomic E-state index is -2.34. The average Bonchev–Trinajstić information content (AvgIpc) is 2.66. The van der Waals surface area contributed by atoms with Crippen molar-refractivity contribution in [1.29, 1.82) is 0 Å². The summed E-state index contributed by atoms with van der Waals surface area (Å²) in [7, 11) is 0. The number of hydrogen-bond acceptors (Lipinski definition) is 2. The van der Waals surface area contributed by atoms with Gasteiger partial charge in [-0.25, -0.2) is 8.78 Å². The van der Waals surface area contributed by atoms with Crippen LogP contribution in [0.4, 0.5) is 8.78 Å². The van der Waals surface area contributed by atoms with E-state index in [2.05, 4.69) is 10.1 Å². The molecule has 5 heteroatoms. The molecule has 0 spiro atoms. The summed E-state index contributed by atoms with van der Waals surface area (Å²) in [6, 6.07) is 5.36. The Labute approximate surface area is 91.7 Å². The third kappa shape index (κ3) is 2.85. The maximum absolute atomic E-state index is 12.1. The molecule has 0 bridgehead atoms. The lowest BCUT2D eigenvalue weighted by Gasteiger charge is -2.00. The van der Waals surface area contributed by atoms with Crippen LogP contribution < -0.4 is 0 Å². The highest BCUT2D eigenvalue weighted by atomic mass is 19.3. The van der Waals surface area contributed by atoms with Crippen molar-refractivity contribution in [1.82, 2.24) is 14.8 Å². The van der Waals surface area contributed by atoms with Crippen LogP contribution in [-0.4, -0.2) is 21.2 Å². The molecular formula is C11H11F2N3. The fourth-order valence-electron chi connectivity index (χ4n) is 1.43. The molecule has 0 fully saturated rings. The van der Waals surface area contributed by atoms with Crippen molar-refractivity contribution >= 4 is 0 Å².